The lowest BCUT2D eigenvalue weighted by Gasteiger charge is -2.12. The minimum absolute atomic E-state index is 0.183. The third-order valence-corrected chi connectivity index (χ3v) is 3.47. The lowest BCUT2D eigenvalue weighted by atomic mass is 10.1. The summed E-state index contributed by atoms with van der Waals surface area (Å²) in [5, 5.41) is 5.06. The average Bonchev–Trinajstić information content (AvgIpc) is 2.42. The number of pyridine rings is 1. The number of benzene rings is 1. The number of fused-ring (bicyclic) bond motifs is 1. The Morgan fingerprint density at radius 1 is 1.30 bits per heavy atom. The molecule has 1 amide bonds. The van der Waals surface area contributed by atoms with Crippen molar-refractivity contribution in [2.45, 2.75) is 6.92 Å². The van der Waals surface area contributed by atoms with Gasteiger partial charge in [-0.1, -0.05) is 35.9 Å². The van der Waals surface area contributed by atoms with Crippen molar-refractivity contribution in [3.63, 3.8) is 0 Å². The molecule has 0 aliphatic rings. The molecule has 0 unspecified atom stereocenters. The largest absolute Gasteiger partial charge is 0.349 e. The predicted octanol–water partition coefficient (Wildman–Crippen LogP) is 2.49. The van der Waals surface area contributed by atoms with Gasteiger partial charge in [0.25, 0.3) is 5.91 Å². The third kappa shape index (κ3) is 3.08. The summed E-state index contributed by atoms with van der Waals surface area (Å²) >= 11 is 6.16. The van der Waals surface area contributed by atoms with Crippen molar-refractivity contribution in [3.05, 3.63) is 40.7 Å². The summed E-state index contributed by atoms with van der Waals surface area (Å²) in [6, 6.07) is 7.70. The van der Waals surface area contributed by atoms with E-state index in [-0.39, 0.29) is 5.91 Å². The van der Waals surface area contributed by atoms with Crippen LogP contribution in [0.15, 0.2) is 24.3 Å². The van der Waals surface area contributed by atoms with Gasteiger partial charge in [-0.3, -0.25) is 4.79 Å². The Bertz CT molecular complexity index is 640. The molecule has 1 aromatic heterocycles. The van der Waals surface area contributed by atoms with E-state index in [1.807, 2.05) is 50.2 Å². The molecule has 0 aliphatic carbocycles. The molecule has 1 N–H and O–H groups in total. The number of amides is 1. The molecule has 20 heavy (non-hydrogen) atoms. The maximum Gasteiger partial charge on any atom is 0.270 e. The molecule has 0 fully saturated rings. The van der Waals surface area contributed by atoms with E-state index >= 15 is 0 Å². The van der Waals surface area contributed by atoms with Crippen molar-refractivity contribution >= 4 is 28.3 Å². The maximum absolute atomic E-state index is 12.2. The van der Waals surface area contributed by atoms with Gasteiger partial charge in [0, 0.05) is 18.5 Å². The fourth-order valence-corrected chi connectivity index (χ4v) is 2.31. The Morgan fingerprint density at radius 2 is 1.95 bits per heavy atom. The number of hydrogen-bond donors (Lipinski definition) is 1. The van der Waals surface area contributed by atoms with Gasteiger partial charge in [-0.25, -0.2) is 4.98 Å². The van der Waals surface area contributed by atoms with E-state index in [0.717, 1.165) is 22.9 Å². The van der Waals surface area contributed by atoms with Crippen LogP contribution in [0.3, 0.4) is 0 Å². The first kappa shape index (κ1) is 14.8. The molecule has 2 aromatic rings. The number of aryl methyl sites for hydroxylation is 1. The van der Waals surface area contributed by atoms with Gasteiger partial charge in [0.2, 0.25) is 0 Å². The Morgan fingerprint density at radius 3 is 2.60 bits per heavy atom. The number of rotatable bonds is 4. The summed E-state index contributed by atoms with van der Waals surface area (Å²) in [6.45, 7) is 3.26. The standard InChI is InChI=1S/C15H18ClN3O/c1-10-11-6-4-5-7-12(11)14(16)18-13(10)15(20)17-8-9-19(2)3/h4-7H,8-9H2,1-3H3,(H,17,20). The molecular formula is C15H18ClN3O. The summed E-state index contributed by atoms with van der Waals surface area (Å²) < 4.78 is 0. The molecule has 0 radical (unpaired) electrons. The normalized spacial score (nSPS) is 11.1. The highest BCUT2D eigenvalue weighted by Crippen LogP contribution is 2.26. The predicted molar refractivity (Wildman–Crippen MR) is 82.4 cm³/mol. The minimum Gasteiger partial charge on any atom is -0.349 e. The molecule has 1 heterocycles. The molecule has 0 saturated carbocycles. The molecule has 0 bridgehead atoms. The molecule has 5 heteroatoms. The van der Waals surface area contributed by atoms with Gasteiger partial charge in [-0.15, -0.1) is 0 Å². The first-order chi connectivity index (χ1) is 9.50. The monoisotopic (exact) mass is 291 g/mol. The smallest absolute Gasteiger partial charge is 0.270 e. The molecule has 106 valence electrons. The summed E-state index contributed by atoms with van der Waals surface area (Å²) in [4.78, 5) is 18.4. The molecule has 0 atom stereocenters. The van der Waals surface area contributed by atoms with Crippen LogP contribution in [0.1, 0.15) is 16.1 Å². The fraction of sp³-hybridized carbons (Fsp3) is 0.333. The molecule has 0 aliphatic heterocycles. The SMILES string of the molecule is Cc1c(C(=O)NCCN(C)C)nc(Cl)c2ccccc12. The van der Waals surface area contributed by atoms with Gasteiger partial charge in [0.1, 0.15) is 10.8 Å². The van der Waals surface area contributed by atoms with Crippen molar-refractivity contribution < 1.29 is 4.79 Å². The highest BCUT2D eigenvalue weighted by molar-refractivity contribution is 6.34. The van der Waals surface area contributed by atoms with Crippen LogP contribution >= 0.6 is 11.6 Å². The van der Waals surface area contributed by atoms with E-state index in [0.29, 0.717) is 17.4 Å². The van der Waals surface area contributed by atoms with Crippen LogP contribution in [0.25, 0.3) is 10.8 Å². The van der Waals surface area contributed by atoms with Crippen LogP contribution < -0.4 is 5.32 Å². The molecule has 2 rings (SSSR count). The molecule has 0 saturated heterocycles. The van der Waals surface area contributed by atoms with Crippen LogP contribution in [0.2, 0.25) is 5.15 Å². The zero-order valence-corrected chi connectivity index (χ0v) is 12.7. The van der Waals surface area contributed by atoms with Gasteiger partial charge in [-0.2, -0.15) is 0 Å². The quantitative estimate of drug-likeness (QED) is 0.880. The van der Waals surface area contributed by atoms with E-state index in [4.69, 9.17) is 11.6 Å². The highest BCUT2D eigenvalue weighted by Gasteiger charge is 2.15. The van der Waals surface area contributed by atoms with Crippen LogP contribution in [-0.2, 0) is 0 Å². The fourth-order valence-electron chi connectivity index (χ4n) is 2.06. The average molecular weight is 292 g/mol. The minimum atomic E-state index is -0.183. The first-order valence-corrected chi connectivity index (χ1v) is 6.86. The molecule has 4 nitrogen and oxygen atoms in total. The Balaban J connectivity index is 2.30. The number of carbonyl (C=O) groups excluding carboxylic acids is 1. The van der Waals surface area contributed by atoms with Gasteiger partial charge in [-0.05, 0) is 32.0 Å². The lowest BCUT2D eigenvalue weighted by molar-refractivity contribution is 0.0945. The van der Waals surface area contributed by atoms with Gasteiger partial charge >= 0.3 is 0 Å². The highest BCUT2D eigenvalue weighted by atomic mass is 35.5. The second-order valence-electron chi connectivity index (χ2n) is 4.98. The first-order valence-electron chi connectivity index (χ1n) is 6.48. The molecular weight excluding hydrogens is 274 g/mol. The number of nitrogens with zero attached hydrogens (tertiary/aromatic N) is 2. The van der Waals surface area contributed by atoms with Gasteiger partial charge in [0.05, 0.1) is 0 Å². The van der Waals surface area contributed by atoms with Crippen molar-refractivity contribution in [2.24, 2.45) is 0 Å². The van der Waals surface area contributed by atoms with Crippen molar-refractivity contribution in [1.82, 2.24) is 15.2 Å². The van der Waals surface area contributed by atoms with Crippen LogP contribution in [0.4, 0.5) is 0 Å². The second-order valence-corrected chi connectivity index (χ2v) is 5.34. The Labute approximate surface area is 123 Å². The van der Waals surface area contributed by atoms with Gasteiger partial charge < -0.3 is 10.2 Å². The van der Waals surface area contributed by atoms with E-state index in [1.54, 1.807) is 0 Å². The summed E-state index contributed by atoms with van der Waals surface area (Å²) in [7, 11) is 3.92. The summed E-state index contributed by atoms with van der Waals surface area (Å²) in [5.41, 5.74) is 1.25. The summed E-state index contributed by atoms with van der Waals surface area (Å²) in [5.74, 6) is -0.183. The van der Waals surface area contributed by atoms with Crippen LogP contribution in [0.5, 0.6) is 0 Å². The zero-order chi connectivity index (χ0) is 14.7. The molecule has 1 aromatic carbocycles. The third-order valence-electron chi connectivity index (χ3n) is 3.18. The van der Waals surface area contributed by atoms with Crippen molar-refractivity contribution in [2.75, 3.05) is 27.2 Å². The van der Waals surface area contributed by atoms with E-state index in [1.165, 1.54) is 0 Å². The Hall–Kier alpha value is -1.65. The maximum atomic E-state index is 12.2. The number of likely N-dealkylation sites (N-methyl/N-ethyl adjacent to an activating group) is 1. The van der Waals surface area contributed by atoms with Crippen LogP contribution in [-0.4, -0.2) is 43.0 Å². The van der Waals surface area contributed by atoms with Gasteiger partial charge in [0.15, 0.2) is 0 Å². The topological polar surface area (TPSA) is 45.2 Å². The summed E-state index contributed by atoms with van der Waals surface area (Å²) in [6.07, 6.45) is 0. The number of hydrogen-bond acceptors (Lipinski definition) is 3. The second kappa shape index (κ2) is 6.20. The number of nitrogens with one attached hydrogen (secondary N) is 1. The van der Waals surface area contributed by atoms with E-state index < -0.39 is 0 Å². The van der Waals surface area contributed by atoms with Crippen LogP contribution in [0, 0.1) is 6.92 Å². The number of carbonyl (C=O) groups is 1. The lowest BCUT2D eigenvalue weighted by Crippen LogP contribution is -2.32. The van der Waals surface area contributed by atoms with E-state index in [2.05, 4.69) is 10.3 Å². The van der Waals surface area contributed by atoms with Crippen molar-refractivity contribution in [1.29, 1.82) is 0 Å². The van der Waals surface area contributed by atoms with Crippen molar-refractivity contribution in [3.8, 4) is 0 Å². The molecule has 0 spiro atoms. The number of halogens is 1. The zero-order valence-electron chi connectivity index (χ0n) is 11.9. The Kier molecular flexibility index (Phi) is 4.57. The van der Waals surface area contributed by atoms with E-state index in [9.17, 15) is 4.79 Å². The number of aromatic nitrogens is 1.